The van der Waals surface area contributed by atoms with Crippen LogP contribution in [0.25, 0.3) is 251 Å². The predicted octanol–water partition coefficient (Wildman–Crippen LogP) is 36.2. The third-order valence-corrected chi connectivity index (χ3v) is 24.8. The van der Waals surface area contributed by atoms with Crippen LogP contribution in [0.3, 0.4) is 0 Å². The summed E-state index contributed by atoms with van der Waals surface area (Å²) in [5.74, 6) is 0.582. The maximum Gasteiger partial charge on any atom is 0.643 e. The smallest absolute Gasteiger partial charge is 0.643 e. The molecular formula is C121H77AlB2BrCl3O5-. The molecule has 0 amide bonds. The highest BCUT2D eigenvalue weighted by Crippen LogP contribution is 2.53. The molecule has 0 aliphatic heterocycles. The number of rotatable bonds is 7. The second-order valence-electron chi connectivity index (χ2n) is 31.1. The summed E-state index contributed by atoms with van der Waals surface area (Å²) in [6, 6.07) is 82.2. The van der Waals surface area contributed by atoms with E-state index in [2.05, 4.69) is 271 Å². The van der Waals surface area contributed by atoms with E-state index in [1.165, 1.54) is 119 Å². The van der Waals surface area contributed by atoms with Crippen molar-refractivity contribution in [2.75, 3.05) is 0 Å². The van der Waals surface area contributed by atoms with Crippen LogP contribution in [0.4, 0.5) is 0 Å². The second kappa shape index (κ2) is 36.4. The van der Waals surface area contributed by atoms with Crippen molar-refractivity contribution < 1.29 is 55.8 Å². The Hall–Kier alpha value is -14.4. The number of fused-ring (bicyclic) bond motifs is 21. The first-order valence-electron chi connectivity index (χ1n) is 53.7. The zero-order valence-corrected chi connectivity index (χ0v) is 74.0. The lowest BCUT2D eigenvalue weighted by molar-refractivity contribution is 0.456. The molecule has 0 aliphatic rings. The van der Waals surface area contributed by atoms with Gasteiger partial charge in [0, 0.05) is 31.4 Å². The molecule has 24 aromatic carbocycles. The normalized spacial score (nSPS) is 13.9. The van der Waals surface area contributed by atoms with E-state index in [-0.39, 0.29) is 15.8 Å². The first kappa shape index (κ1) is 62.0. The fourth-order valence-corrected chi connectivity index (χ4v) is 19.2. The second-order valence-corrected chi connectivity index (χ2v) is 38.3. The summed E-state index contributed by atoms with van der Waals surface area (Å²) in [7, 11) is 15.5. The Kier molecular flexibility index (Phi) is 17.0. The Morgan fingerprint density at radius 1 is 0.256 bits per heavy atom. The van der Waals surface area contributed by atoms with Gasteiger partial charge in [-0.05, 0) is 261 Å². The summed E-state index contributed by atoms with van der Waals surface area (Å²) in [6.07, 6.45) is 0. The number of hydrogen-bond acceptors (Lipinski definition) is 5. The van der Waals surface area contributed by atoms with Crippen molar-refractivity contribution in [2.45, 2.75) is 7.43 Å². The van der Waals surface area contributed by atoms with Gasteiger partial charge in [0.1, 0.15) is 39.2 Å². The molecule has 5 radical (unpaired) electrons. The lowest BCUT2D eigenvalue weighted by atomic mass is 9.84. The van der Waals surface area contributed by atoms with Crippen molar-refractivity contribution in [2.24, 2.45) is 0 Å². The Morgan fingerprint density at radius 2 is 0.586 bits per heavy atom. The third-order valence-electron chi connectivity index (χ3n) is 23.9. The minimum atomic E-state index is -1.72. The highest BCUT2D eigenvalue weighted by Gasteiger charge is 2.26. The molecule has 133 heavy (non-hydrogen) atoms. The molecule has 3 heterocycles. The summed E-state index contributed by atoms with van der Waals surface area (Å²) < 4.78 is 239. The zero-order chi connectivity index (χ0) is 109. The molecule has 0 saturated carbocycles. The summed E-state index contributed by atoms with van der Waals surface area (Å²) >= 11 is 2.12. The molecule has 629 valence electrons. The number of furan rings is 3. The van der Waals surface area contributed by atoms with Gasteiger partial charge >= 0.3 is 19.1 Å². The van der Waals surface area contributed by atoms with E-state index in [4.69, 9.17) is 76.4 Å². The average Bonchev–Trinajstić information content (AvgIpc) is 1.63. The standard InChI is InChI=1S/2C40H24O.C24H15Br.C16H10BO3.CH4.Al.B.3ClH/c2*1-2-13-27-24-37-35(23-26(27)12-1)40-34(21-10-22-36(40)41-37)39-32-18-7-5-16-30(32)38(31-17-6-8-19-33(31)39)29-20-9-14-25-11-3-4-15-28(25)29;25-24-21-13-5-3-11-19(21)23(20-12-4-6-14-22(20)24)18-15-7-9-16-8-1-2-10-17(16)18;18-17-20-14-7-3-6-13-16(14)12-8-10-4-1-2-5-11(10)9-15(12)19-13;;;;;;/h2*1-24H;1-15H;1-9,18H;1H4;;;3*1H/q;;;;;+3;-1;;;/p-3/i1D,2D,3D,4D,5D,6D,7D,8D,9D,10D,11D,12D,13D,14D,15D,16D,17D,18D,19D,20D,21D,22D,23D,24D;;;;;;;;;. The molecule has 0 atom stereocenters. The van der Waals surface area contributed by atoms with Crippen molar-refractivity contribution in [1.29, 1.82) is 0 Å². The molecule has 3 aromatic heterocycles. The largest absolute Gasteiger partial charge is 1.00 e. The van der Waals surface area contributed by atoms with Gasteiger partial charge in [-0.25, -0.2) is 30.1 Å². The summed E-state index contributed by atoms with van der Waals surface area (Å²) in [4.78, 5) is 0. The van der Waals surface area contributed by atoms with Gasteiger partial charge in [0.15, 0.2) is 0 Å². The molecule has 0 saturated heterocycles. The van der Waals surface area contributed by atoms with Crippen LogP contribution in [0.1, 0.15) is 40.3 Å². The first-order valence-corrected chi connectivity index (χ1v) is 47.7. The van der Waals surface area contributed by atoms with Crippen molar-refractivity contribution in [3.05, 3.63) is 441 Å². The monoisotopic (exact) mass is 1870 g/mol. The van der Waals surface area contributed by atoms with Crippen LogP contribution >= 0.6 is 46.1 Å². The minimum absolute atomic E-state index is 0. The molecule has 5 nitrogen and oxygen atoms in total. The molecule has 27 aromatic rings. The van der Waals surface area contributed by atoms with Crippen LogP contribution < -0.4 is 4.65 Å². The number of halogens is 4. The van der Waals surface area contributed by atoms with Gasteiger partial charge < -0.3 is 31.3 Å². The van der Waals surface area contributed by atoms with E-state index in [1.807, 2.05) is 30.3 Å². The fourth-order valence-electron chi connectivity index (χ4n) is 18.5. The Balaban J connectivity index is 0.000000131. The van der Waals surface area contributed by atoms with E-state index in [1.54, 1.807) is 6.07 Å². The van der Waals surface area contributed by atoms with Gasteiger partial charge in [0.25, 0.3) is 0 Å². The van der Waals surface area contributed by atoms with Crippen molar-refractivity contribution in [3.63, 3.8) is 0 Å². The quantitative estimate of drug-likeness (QED) is 0.127. The molecule has 0 unspecified atom stereocenters. The lowest BCUT2D eigenvalue weighted by Crippen LogP contribution is -1.99. The minimum Gasteiger partial charge on any atom is -1.00 e. The SMILES string of the molecule is Brc1c2ccccc2c(-c2cccc3ccccc23)c2ccccc12.C.O[B]Oc1cccc2oc3cc4ccccc4cc3c12.[2H]c1c([2H])c(-c2c3c([2H])c([2H])c([2H])c([2H])c3c(-c3c([2H])c([2H])c([2H])c4c([2H])c([2H])c([2H])c([2H])c34)c3c([2H])c([2H])c([2H])c([2H])c23)c2c(oc3c([2H])c4c([2H])c([2H])c([2H])c([2H])c4c([2H])c32)c1[2H].[B-].[Cl][Al]([Cl])[Cl].c1ccc2cc3c(cc2c1)oc1cccc(-c2c4ccccc4c(-c4cccc5ccccc45)c4ccccc24)c13. The van der Waals surface area contributed by atoms with E-state index in [0.717, 1.165) is 49.3 Å². The fraction of sp³-hybridized carbons (Fsp3) is 0.00826. The van der Waals surface area contributed by atoms with E-state index < -0.39 is 244 Å². The van der Waals surface area contributed by atoms with E-state index >= 15 is 0 Å². The Labute approximate surface area is 828 Å². The van der Waals surface area contributed by atoms with E-state index in [9.17, 15) is 9.60 Å². The van der Waals surface area contributed by atoms with Gasteiger partial charge in [-0.2, -0.15) is 0 Å². The number of hydrogen-bond donors (Lipinski definition) is 1. The van der Waals surface area contributed by atoms with E-state index in [0.29, 0.717) is 13.4 Å². The van der Waals surface area contributed by atoms with Gasteiger partial charge in [-0.3, -0.25) is 0 Å². The average molecular weight is 1870 g/mol. The topological polar surface area (TPSA) is 68.9 Å². The maximum absolute atomic E-state index is 9.47. The van der Waals surface area contributed by atoms with Crippen molar-refractivity contribution in [1.82, 2.24) is 0 Å². The molecule has 27 rings (SSSR count). The van der Waals surface area contributed by atoms with Crippen molar-refractivity contribution in [3.8, 4) is 61.4 Å². The maximum atomic E-state index is 9.47. The van der Waals surface area contributed by atoms with Crippen LogP contribution in [0.2, 0.25) is 0 Å². The molecule has 0 fully saturated rings. The van der Waals surface area contributed by atoms with Gasteiger partial charge in [-0.1, -0.05) is 383 Å². The summed E-state index contributed by atoms with van der Waals surface area (Å²) in [6.45, 7) is 0. The Bertz CT molecular complexity index is 10600. The van der Waals surface area contributed by atoms with Gasteiger partial charge in [0.05, 0.1) is 38.3 Å². The highest BCUT2D eigenvalue weighted by molar-refractivity contribution is 9.10. The number of benzene rings is 24. The molecule has 0 bridgehead atoms. The van der Waals surface area contributed by atoms with Crippen LogP contribution in [-0.2, 0) is 0 Å². The molecule has 0 aliphatic carbocycles. The molecule has 1 N–H and O–H groups in total. The zero-order valence-electron chi connectivity index (χ0n) is 93.0. The van der Waals surface area contributed by atoms with Gasteiger partial charge in [0.2, 0.25) is 0 Å². The van der Waals surface area contributed by atoms with Crippen LogP contribution in [0.5, 0.6) is 5.75 Å². The van der Waals surface area contributed by atoms with Gasteiger partial charge in [-0.15, -0.1) is 0 Å². The highest BCUT2D eigenvalue weighted by atomic mass is 79.9. The first-order chi connectivity index (χ1) is 74.6. The molecule has 0 spiro atoms. The van der Waals surface area contributed by atoms with Crippen molar-refractivity contribution >= 4 is 269 Å². The summed E-state index contributed by atoms with van der Waals surface area (Å²) in [5.41, 5.74) is 7.23. The lowest BCUT2D eigenvalue weighted by Gasteiger charge is -2.19. The third kappa shape index (κ3) is 15.3. The summed E-state index contributed by atoms with van der Waals surface area (Å²) in [5, 5.41) is 27.2. The van der Waals surface area contributed by atoms with Crippen LogP contribution in [0, 0.1) is 0 Å². The van der Waals surface area contributed by atoms with Crippen LogP contribution in [-0.4, -0.2) is 32.5 Å². The molecule has 12 heteroatoms. The molecular weight excluding hydrogens is 1770 g/mol. The Morgan fingerprint density at radius 3 is 1.09 bits per heavy atom. The predicted molar refractivity (Wildman–Crippen MR) is 577 cm³/mol. The van der Waals surface area contributed by atoms with Crippen LogP contribution in [0.15, 0.2) is 454 Å².